The Morgan fingerprint density at radius 2 is 2.21 bits per heavy atom. The number of hydrogen-bond acceptors (Lipinski definition) is 3. The first kappa shape index (κ1) is 11.7. The van der Waals surface area contributed by atoms with E-state index in [1.165, 1.54) is 0 Å². The van der Waals surface area contributed by atoms with E-state index in [0.29, 0.717) is 13.2 Å². The fourth-order valence-corrected chi connectivity index (χ4v) is 1.69. The standard InChI is InChI=1S/C8H15F3N2O/c9-8(10,11)4-7(13-12)6-2-1-3-14-5-6/h6-7,13H,1-5,12H2. The van der Waals surface area contributed by atoms with Crippen LogP contribution in [0.2, 0.25) is 0 Å². The summed E-state index contributed by atoms with van der Waals surface area (Å²) in [6.07, 6.45) is -3.52. The maximum absolute atomic E-state index is 12.1. The Labute approximate surface area is 80.8 Å². The molecule has 0 amide bonds. The smallest absolute Gasteiger partial charge is 0.381 e. The van der Waals surface area contributed by atoms with E-state index in [0.717, 1.165) is 12.8 Å². The molecule has 3 nitrogen and oxygen atoms in total. The lowest BCUT2D eigenvalue weighted by atomic mass is 9.92. The Balaban J connectivity index is 2.43. The predicted molar refractivity (Wildman–Crippen MR) is 45.3 cm³/mol. The van der Waals surface area contributed by atoms with Gasteiger partial charge in [0.1, 0.15) is 0 Å². The molecule has 6 heteroatoms. The molecule has 1 aliphatic rings. The topological polar surface area (TPSA) is 47.3 Å². The second kappa shape index (κ2) is 4.95. The van der Waals surface area contributed by atoms with Gasteiger partial charge in [-0.25, -0.2) is 0 Å². The van der Waals surface area contributed by atoms with Crippen LogP contribution in [0.4, 0.5) is 13.2 Å². The summed E-state index contributed by atoms with van der Waals surface area (Å²) in [5, 5.41) is 0. The average molecular weight is 212 g/mol. The van der Waals surface area contributed by atoms with Crippen molar-refractivity contribution >= 4 is 0 Å². The van der Waals surface area contributed by atoms with Crippen LogP contribution in [0.3, 0.4) is 0 Å². The van der Waals surface area contributed by atoms with E-state index in [1.807, 2.05) is 0 Å². The summed E-state index contributed by atoms with van der Waals surface area (Å²) >= 11 is 0. The minimum absolute atomic E-state index is 0.129. The first-order valence-corrected chi connectivity index (χ1v) is 4.63. The Bertz CT molecular complexity index is 168. The van der Waals surface area contributed by atoms with Crippen molar-refractivity contribution < 1.29 is 17.9 Å². The van der Waals surface area contributed by atoms with Gasteiger partial charge in [0.2, 0.25) is 0 Å². The molecule has 0 radical (unpaired) electrons. The van der Waals surface area contributed by atoms with Gasteiger partial charge >= 0.3 is 6.18 Å². The average Bonchev–Trinajstić information content (AvgIpc) is 2.14. The molecule has 1 heterocycles. The molecule has 1 aliphatic heterocycles. The Morgan fingerprint density at radius 3 is 2.64 bits per heavy atom. The number of halogens is 3. The van der Waals surface area contributed by atoms with Crippen LogP contribution in [0.15, 0.2) is 0 Å². The number of hydrazine groups is 1. The quantitative estimate of drug-likeness (QED) is 0.546. The lowest BCUT2D eigenvalue weighted by Crippen LogP contribution is -2.46. The highest BCUT2D eigenvalue weighted by Crippen LogP contribution is 2.27. The first-order valence-electron chi connectivity index (χ1n) is 4.63. The molecule has 1 saturated heterocycles. The van der Waals surface area contributed by atoms with Gasteiger partial charge in [-0.1, -0.05) is 0 Å². The molecule has 0 aliphatic carbocycles. The van der Waals surface area contributed by atoms with E-state index in [9.17, 15) is 13.2 Å². The molecule has 3 N–H and O–H groups in total. The zero-order valence-corrected chi connectivity index (χ0v) is 7.81. The molecule has 0 saturated carbocycles. The first-order chi connectivity index (χ1) is 6.53. The number of alkyl halides is 3. The Kier molecular flexibility index (Phi) is 4.15. The fraction of sp³-hybridized carbons (Fsp3) is 1.00. The SMILES string of the molecule is NNC(CC(F)(F)F)C1CCCOC1. The van der Waals surface area contributed by atoms with Gasteiger partial charge in [-0.05, 0) is 18.8 Å². The summed E-state index contributed by atoms with van der Waals surface area (Å²) in [6, 6.07) is -0.727. The highest BCUT2D eigenvalue weighted by Gasteiger charge is 2.35. The van der Waals surface area contributed by atoms with Crippen molar-refractivity contribution in [3.05, 3.63) is 0 Å². The normalized spacial score (nSPS) is 26.1. The highest BCUT2D eigenvalue weighted by molar-refractivity contribution is 4.79. The minimum Gasteiger partial charge on any atom is -0.381 e. The molecule has 0 bridgehead atoms. The van der Waals surface area contributed by atoms with Crippen LogP contribution in [-0.4, -0.2) is 25.4 Å². The van der Waals surface area contributed by atoms with E-state index in [4.69, 9.17) is 10.6 Å². The van der Waals surface area contributed by atoms with E-state index < -0.39 is 18.6 Å². The number of ether oxygens (including phenoxy) is 1. The maximum atomic E-state index is 12.1. The van der Waals surface area contributed by atoms with Gasteiger partial charge < -0.3 is 4.74 Å². The molecule has 0 spiro atoms. The molecule has 0 aromatic heterocycles. The van der Waals surface area contributed by atoms with Gasteiger partial charge in [-0.3, -0.25) is 11.3 Å². The molecule has 2 unspecified atom stereocenters. The van der Waals surface area contributed by atoms with Gasteiger partial charge in [0.05, 0.1) is 13.0 Å². The third-order valence-corrected chi connectivity index (χ3v) is 2.43. The van der Waals surface area contributed by atoms with Crippen molar-refractivity contribution in [3.63, 3.8) is 0 Å². The van der Waals surface area contributed by atoms with Crippen molar-refractivity contribution in [1.29, 1.82) is 0 Å². The molecule has 1 fully saturated rings. The zero-order chi connectivity index (χ0) is 10.6. The summed E-state index contributed by atoms with van der Waals surface area (Å²) in [7, 11) is 0. The number of nitrogens with two attached hydrogens (primary N) is 1. The van der Waals surface area contributed by atoms with Gasteiger partial charge in [0.25, 0.3) is 0 Å². The lowest BCUT2D eigenvalue weighted by molar-refractivity contribution is -0.146. The van der Waals surface area contributed by atoms with E-state index in [-0.39, 0.29) is 5.92 Å². The highest BCUT2D eigenvalue weighted by atomic mass is 19.4. The molecule has 2 atom stereocenters. The fourth-order valence-electron chi connectivity index (χ4n) is 1.69. The van der Waals surface area contributed by atoms with Crippen molar-refractivity contribution in [3.8, 4) is 0 Å². The van der Waals surface area contributed by atoms with Crippen LogP contribution in [0, 0.1) is 5.92 Å². The summed E-state index contributed by atoms with van der Waals surface area (Å²) in [5.74, 6) is 4.98. The summed E-state index contributed by atoms with van der Waals surface area (Å²) in [5.41, 5.74) is 2.23. The second-order valence-corrected chi connectivity index (χ2v) is 3.57. The van der Waals surface area contributed by atoms with Crippen molar-refractivity contribution in [2.75, 3.05) is 13.2 Å². The van der Waals surface area contributed by atoms with Crippen LogP contribution in [0.25, 0.3) is 0 Å². The molecular formula is C8H15F3N2O. The van der Waals surface area contributed by atoms with Crippen molar-refractivity contribution in [2.24, 2.45) is 11.8 Å². The second-order valence-electron chi connectivity index (χ2n) is 3.57. The summed E-state index contributed by atoms with van der Waals surface area (Å²) in [4.78, 5) is 0. The largest absolute Gasteiger partial charge is 0.390 e. The monoisotopic (exact) mass is 212 g/mol. The Hall–Kier alpha value is -0.330. The molecule has 14 heavy (non-hydrogen) atoms. The molecule has 84 valence electrons. The van der Waals surface area contributed by atoms with Crippen LogP contribution in [-0.2, 0) is 4.74 Å². The van der Waals surface area contributed by atoms with E-state index in [1.54, 1.807) is 0 Å². The van der Waals surface area contributed by atoms with Crippen LogP contribution >= 0.6 is 0 Å². The number of nitrogens with one attached hydrogen (secondary N) is 1. The van der Waals surface area contributed by atoms with Gasteiger partial charge in [-0.15, -0.1) is 0 Å². The summed E-state index contributed by atoms with van der Waals surface area (Å²) < 4.78 is 41.5. The third-order valence-electron chi connectivity index (χ3n) is 2.43. The van der Waals surface area contributed by atoms with E-state index in [2.05, 4.69) is 5.43 Å². The van der Waals surface area contributed by atoms with E-state index >= 15 is 0 Å². The van der Waals surface area contributed by atoms with Crippen LogP contribution in [0.5, 0.6) is 0 Å². The van der Waals surface area contributed by atoms with Gasteiger partial charge in [0.15, 0.2) is 0 Å². The number of rotatable bonds is 3. The van der Waals surface area contributed by atoms with Gasteiger partial charge in [0, 0.05) is 12.6 Å². The Morgan fingerprint density at radius 1 is 1.50 bits per heavy atom. The van der Waals surface area contributed by atoms with Crippen LogP contribution in [0.1, 0.15) is 19.3 Å². The number of hydrogen-bond donors (Lipinski definition) is 2. The summed E-state index contributed by atoms with van der Waals surface area (Å²) in [6.45, 7) is 1.00. The molecular weight excluding hydrogens is 197 g/mol. The minimum atomic E-state index is -4.17. The lowest BCUT2D eigenvalue weighted by Gasteiger charge is -2.30. The van der Waals surface area contributed by atoms with Crippen molar-refractivity contribution in [2.45, 2.75) is 31.5 Å². The molecule has 0 aromatic rings. The third kappa shape index (κ3) is 3.81. The van der Waals surface area contributed by atoms with Crippen LogP contribution < -0.4 is 11.3 Å². The zero-order valence-electron chi connectivity index (χ0n) is 7.81. The predicted octanol–water partition coefficient (Wildman–Crippen LogP) is 1.20. The molecule has 0 aromatic carbocycles. The van der Waals surface area contributed by atoms with Crippen molar-refractivity contribution in [1.82, 2.24) is 5.43 Å². The maximum Gasteiger partial charge on any atom is 0.390 e. The van der Waals surface area contributed by atoms with Gasteiger partial charge in [-0.2, -0.15) is 13.2 Å². The molecule has 1 rings (SSSR count).